The molecule has 1 aliphatic rings. The van der Waals surface area contributed by atoms with E-state index < -0.39 is 20.8 Å². The van der Waals surface area contributed by atoms with Crippen LogP contribution in [0.25, 0.3) is 11.1 Å². The molecule has 168 valence electrons. The molecule has 0 radical (unpaired) electrons. The number of benzene rings is 3. The molecule has 3 aromatic carbocycles. The van der Waals surface area contributed by atoms with E-state index in [4.69, 9.17) is 17.0 Å². The van der Waals surface area contributed by atoms with Gasteiger partial charge in [-0.05, 0) is 51.1 Å². The molecule has 0 saturated heterocycles. The molecule has 0 heterocycles. The fourth-order valence-corrected chi connectivity index (χ4v) is 4.54. The Morgan fingerprint density at radius 3 is 1.94 bits per heavy atom. The summed E-state index contributed by atoms with van der Waals surface area (Å²) in [6.45, 7) is 15.4. The molecular formula is C28H32Cl2OZr. The SMILES string of the molecule is Cc1ccc2c(c1)C(c1cc(C(C)(C)C)cc(C(C)(C)C)c1O)c1ccccc1-2.[Cl][Zr][Cl]. The molecule has 1 aliphatic carbocycles. The van der Waals surface area contributed by atoms with Crippen LogP contribution >= 0.6 is 17.0 Å². The molecule has 4 rings (SSSR count). The molecule has 1 unspecified atom stereocenters. The zero-order chi connectivity index (χ0) is 23.8. The second-order valence-corrected chi connectivity index (χ2v) is 14.4. The van der Waals surface area contributed by atoms with Crippen molar-refractivity contribution in [1.82, 2.24) is 0 Å². The predicted octanol–water partition coefficient (Wildman–Crippen LogP) is 8.83. The monoisotopic (exact) mass is 544 g/mol. The second-order valence-electron chi connectivity index (χ2n) is 10.6. The van der Waals surface area contributed by atoms with E-state index in [0.717, 1.165) is 11.1 Å². The first-order chi connectivity index (χ1) is 14.9. The number of rotatable bonds is 1. The Balaban J connectivity index is 0.000000913. The van der Waals surface area contributed by atoms with E-state index in [9.17, 15) is 5.11 Å². The fraction of sp³-hybridized carbons (Fsp3) is 0.357. The summed E-state index contributed by atoms with van der Waals surface area (Å²) in [5.74, 6) is 0.504. The van der Waals surface area contributed by atoms with E-state index in [1.54, 1.807) is 0 Å². The van der Waals surface area contributed by atoms with E-state index in [2.05, 4.69) is 103 Å². The Labute approximate surface area is 211 Å². The third kappa shape index (κ3) is 5.04. The van der Waals surface area contributed by atoms with Crippen LogP contribution in [0.4, 0.5) is 0 Å². The summed E-state index contributed by atoms with van der Waals surface area (Å²) >= 11 is -0.826. The van der Waals surface area contributed by atoms with E-state index in [-0.39, 0.29) is 16.7 Å². The molecule has 4 heteroatoms. The molecule has 0 bridgehead atoms. The van der Waals surface area contributed by atoms with Gasteiger partial charge >= 0.3 is 37.9 Å². The van der Waals surface area contributed by atoms with Gasteiger partial charge in [-0.1, -0.05) is 102 Å². The molecule has 0 saturated carbocycles. The van der Waals surface area contributed by atoms with Gasteiger partial charge in [-0.2, -0.15) is 0 Å². The number of phenolic OH excluding ortho intramolecular Hbond substituents is 1. The molecule has 1 atom stereocenters. The zero-order valence-corrected chi connectivity index (χ0v) is 23.9. The third-order valence-corrected chi connectivity index (χ3v) is 6.20. The van der Waals surface area contributed by atoms with Crippen LogP contribution < -0.4 is 0 Å². The Hall–Kier alpha value is -1.08. The third-order valence-electron chi connectivity index (χ3n) is 6.20. The molecule has 1 N–H and O–H groups in total. The summed E-state index contributed by atoms with van der Waals surface area (Å²) in [5.41, 5.74) is 9.61. The average Bonchev–Trinajstić information content (AvgIpc) is 3.00. The molecular weight excluding hydrogens is 514 g/mol. The minimum absolute atomic E-state index is 0.00993. The van der Waals surface area contributed by atoms with Crippen LogP contribution in [0, 0.1) is 6.92 Å². The number of halogens is 2. The maximum absolute atomic E-state index is 11.5. The van der Waals surface area contributed by atoms with E-state index >= 15 is 0 Å². The molecule has 0 amide bonds. The van der Waals surface area contributed by atoms with Crippen LogP contribution in [0.1, 0.15) is 80.8 Å². The van der Waals surface area contributed by atoms with Crippen molar-refractivity contribution in [3.05, 3.63) is 88.0 Å². The van der Waals surface area contributed by atoms with Gasteiger partial charge in [0.1, 0.15) is 5.75 Å². The number of phenols is 1. The molecule has 0 aliphatic heterocycles. The summed E-state index contributed by atoms with van der Waals surface area (Å²) in [7, 11) is 9.87. The van der Waals surface area contributed by atoms with Gasteiger partial charge in [-0.3, -0.25) is 0 Å². The van der Waals surface area contributed by atoms with Crippen LogP contribution in [0.2, 0.25) is 0 Å². The predicted molar refractivity (Wildman–Crippen MR) is 135 cm³/mol. The summed E-state index contributed by atoms with van der Waals surface area (Å²) in [6.07, 6.45) is 0. The number of hydrogen-bond acceptors (Lipinski definition) is 1. The number of fused-ring (bicyclic) bond motifs is 3. The van der Waals surface area contributed by atoms with E-state index in [0.29, 0.717) is 5.75 Å². The Morgan fingerprint density at radius 1 is 0.750 bits per heavy atom. The topological polar surface area (TPSA) is 20.2 Å². The molecule has 1 nitrogen and oxygen atoms in total. The van der Waals surface area contributed by atoms with E-state index in [1.165, 1.54) is 33.4 Å². The average molecular weight is 547 g/mol. The van der Waals surface area contributed by atoms with Gasteiger partial charge in [-0.25, -0.2) is 0 Å². The van der Waals surface area contributed by atoms with Crippen molar-refractivity contribution >= 4 is 17.0 Å². The summed E-state index contributed by atoms with van der Waals surface area (Å²) in [4.78, 5) is 0. The van der Waals surface area contributed by atoms with Crippen molar-refractivity contribution in [2.24, 2.45) is 0 Å². The van der Waals surface area contributed by atoms with Crippen molar-refractivity contribution in [3.8, 4) is 16.9 Å². The van der Waals surface area contributed by atoms with Crippen molar-refractivity contribution in [1.29, 1.82) is 0 Å². The Kier molecular flexibility index (Phi) is 7.71. The normalized spacial score (nSPS) is 14.8. The number of hydrogen-bond donors (Lipinski definition) is 1. The first-order valence-corrected chi connectivity index (χ1v) is 17.3. The van der Waals surface area contributed by atoms with Gasteiger partial charge < -0.3 is 5.11 Å². The van der Waals surface area contributed by atoms with Crippen molar-refractivity contribution in [3.63, 3.8) is 0 Å². The Bertz CT molecular complexity index is 1120. The summed E-state index contributed by atoms with van der Waals surface area (Å²) in [6, 6.07) is 19.8. The van der Waals surface area contributed by atoms with Crippen LogP contribution in [0.5, 0.6) is 5.75 Å². The number of aryl methyl sites for hydroxylation is 1. The van der Waals surface area contributed by atoms with Gasteiger partial charge in [0.25, 0.3) is 0 Å². The van der Waals surface area contributed by atoms with Gasteiger partial charge in [0, 0.05) is 11.5 Å². The van der Waals surface area contributed by atoms with Crippen molar-refractivity contribution in [2.45, 2.75) is 65.2 Å². The molecule has 32 heavy (non-hydrogen) atoms. The maximum atomic E-state index is 11.5. The molecule has 0 spiro atoms. The first-order valence-electron chi connectivity index (χ1n) is 10.9. The van der Waals surface area contributed by atoms with Gasteiger partial charge in [0.2, 0.25) is 0 Å². The van der Waals surface area contributed by atoms with Crippen molar-refractivity contribution < 1.29 is 26.0 Å². The number of aromatic hydroxyl groups is 1. The van der Waals surface area contributed by atoms with Crippen LogP contribution in [-0.4, -0.2) is 5.11 Å². The van der Waals surface area contributed by atoms with Crippen LogP contribution in [-0.2, 0) is 31.7 Å². The quantitative estimate of drug-likeness (QED) is 0.253. The summed E-state index contributed by atoms with van der Waals surface area (Å²) in [5, 5.41) is 11.5. The molecule has 0 aromatic heterocycles. The minimum atomic E-state index is -0.826. The molecule has 3 aromatic rings. The van der Waals surface area contributed by atoms with Gasteiger partial charge in [0.15, 0.2) is 0 Å². The standard InChI is InChI=1S/C28H32O.2ClH.Zr/c1-17-12-13-20-19-10-8-9-11-21(19)25(22(20)14-17)23-15-18(27(2,3)4)16-24(26(23)29)28(5,6)7;;;/h8-16,25,29H,1-7H3;2*1H;/q;;;+2/p-2. The second kappa shape index (κ2) is 9.65. The Morgan fingerprint density at radius 2 is 1.34 bits per heavy atom. The fourth-order valence-electron chi connectivity index (χ4n) is 4.54. The summed E-state index contributed by atoms with van der Waals surface area (Å²) < 4.78 is 0. The van der Waals surface area contributed by atoms with E-state index in [1.807, 2.05) is 0 Å². The zero-order valence-electron chi connectivity index (χ0n) is 20.0. The van der Waals surface area contributed by atoms with Gasteiger partial charge in [0.05, 0.1) is 0 Å². The van der Waals surface area contributed by atoms with Crippen LogP contribution in [0.3, 0.4) is 0 Å². The van der Waals surface area contributed by atoms with Crippen molar-refractivity contribution in [2.75, 3.05) is 0 Å². The molecule has 0 fully saturated rings. The van der Waals surface area contributed by atoms with Crippen LogP contribution in [0.15, 0.2) is 54.6 Å². The van der Waals surface area contributed by atoms with Gasteiger partial charge in [-0.15, -0.1) is 0 Å². The first kappa shape index (κ1) is 25.5.